The highest BCUT2D eigenvalue weighted by atomic mass is 79.9. The quantitative estimate of drug-likeness (QED) is 0.864. The van der Waals surface area contributed by atoms with Gasteiger partial charge in [0, 0.05) is 10.9 Å². The fraction of sp³-hybridized carbons (Fsp3) is 0.300. The van der Waals surface area contributed by atoms with E-state index in [1.807, 2.05) is 24.3 Å². The van der Waals surface area contributed by atoms with Gasteiger partial charge in [0.25, 0.3) is 0 Å². The number of alkyl carbamates (subject to hydrolysis) is 1. The molecule has 1 heterocycles. The molecule has 0 unspecified atom stereocenters. The molecule has 1 saturated heterocycles. The van der Waals surface area contributed by atoms with Crippen molar-refractivity contribution in [2.75, 3.05) is 6.61 Å². The number of cyclic esters (lactones) is 1. The molecular formula is C10H11BrClNO2. The van der Waals surface area contributed by atoms with Crippen LogP contribution in [-0.2, 0) is 4.74 Å². The van der Waals surface area contributed by atoms with Gasteiger partial charge in [0.1, 0.15) is 0 Å². The third-order valence-corrected chi connectivity index (χ3v) is 2.68. The molecule has 2 rings (SSSR count). The van der Waals surface area contributed by atoms with E-state index in [4.69, 9.17) is 4.74 Å². The van der Waals surface area contributed by atoms with Crippen molar-refractivity contribution in [3.8, 4) is 0 Å². The molecule has 0 aromatic heterocycles. The van der Waals surface area contributed by atoms with E-state index in [1.165, 1.54) is 0 Å². The van der Waals surface area contributed by atoms with Gasteiger partial charge < -0.3 is 10.1 Å². The molecule has 1 atom stereocenters. The van der Waals surface area contributed by atoms with Crippen LogP contribution in [0.3, 0.4) is 0 Å². The normalized spacial score (nSPS) is 19.8. The molecule has 1 aliphatic rings. The third kappa shape index (κ3) is 3.11. The van der Waals surface area contributed by atoms with E-state index >= 15 is 0 Å². The van der Waals surface area contributed by atoms with Gasteiger partial charge in [0.05, 0.1) is 12.6 Å². The Balaban J connectivity index is 0.00000112. The first kappa shape index (κ1) is 12.3. The first-order valence-electron chi connectivity index (χ1n) is 4.44. The zero-order chi connectivity index (χ0) is 9.97. The van der Waals surface area contributed by atoms with Crippen molar-refractivity contribution in [2.45, 2.75) is 12.5 Å². The molecule has 82 valence electrons. The van der Waals surface area contributed by atoms with E-state index in [0.29, 0.717) is 6.61 Å². The van der Waals surface area contributed by atoms with Crippen molar-refractivity contribution >= 4 is 34.4 Å². The van der Waals surface area contributed by atoms with E-state index in [1.54, 1.807) is 0 Å². The number of halogens is 2. The highest BCUT2D eigenvalue weighted by molar-refractivity contribution is 9.10. The molecule has 1 N–H and O–H groups in total. The number of rotatable bonds is 1. The van der Waals surface area contributed by atoms with Gasteiger partial charge in [0.15, 0.2) is 0 Å². The lowest BCUT2D eigenvalue weighted by atomic mass is 10.0. The number of hydrogen-bond donors (Lipinski definition) is 1. The summed E-state index contributed by atoms with van der Waals surface area (Å²) >= 11 is 3.40. The Labute approximate surface area is 103 Å². The second kappa shape index (κ2) is 5.37. The molecule has 0 radical (unpaired) electrons. The molecule has 15 heavy (non-hydrogen) atoms. The summed E-state index contributed by atoms with van der Waals surface area (Å²) in [5, 5.41) is 2.78. The van der Waals surface area contributed by atoms with Crippen molar-refractivity contribution < 1.29 is 9.53 Å². The Bertz CT molecular complexity index is 359. The highest BCUT2D eigenvalue weighted by Gasteiger charge is 2.20. The van der Waals surface area contributed by atoms with E-state index in [-0.39, 0.29) is 24.5 Å². The van der Waals surface area contributed by atoms with Gasteiger partial charge in [-0.15, -0.1) is 12.4 Å². The molecule has 0 aliphatic carbocycles. The molecule has 1 aromatic rings. The predicted octanol–water partition coefficient (Wildman–Crippen LogP) is 3.04. The van der Waals surface area contributed by atoms with Crippen LogP contribution in [0.2, 0.25) is 0 Å². The summed E-state index contributed by atoms with van der Waals surface area (Å²) in [6.45, 7) is 0.489. The van der Waals surface area contributed by atoms with E-state index in [0.717, 1.165) is 16.5 Å². The van der Waals surface area contributed by atoms with Crippen LogP contribution in [0.15, 0.2) is 28.7 Å². The number of hydrogen-bond acceptors (Lipinski definition) is 2. The Kier molecular flexibility index (Phi) is 4.42. The number of carbonyl (C=O) groups excluding carboxylic acids is 1. The maximum Gasteiger partial charge on any atom is 0.407 e. The molecule has 0 bridgehead atoms. The van der Waals surface area contributed by atoms with E-state index < -0.39 is 0 Å². The van der Waals surface area contributed by atoms with Crippen molar-refractivity contribution in [1.82, 2.24) is 5.32 Å². The number of benzene rings is 1. The minimum atomic E-state index is -0.332. The summed E-state index contributed by atoms with van der Waals surface area (Å²) < 4.78 is 5.82. The Morgan fingerprint density at radius 1 is 1.47 bits per heavy atom. The maximum absolute atomic E-state index is 11.0. The molecule has 0 saturated carbocycles. The summed E-state index contributed by atoms with van der Waals surface area (Å²) in [6, 6.07) is 8.01. The van der Waals surface area contributed by atoms with Crippen LogP contribution in [0, 0.1) is 0 Å². The molecule has 1 aliphatic heterocycles. The van der Waals surface area contributed by atoms with E-state index in [2.05, 4.69) is 21.2 Å². The molecule has 0 spiro atoms. The van der Waals surface area contributed by atoms with Crippen LogP contribution in [0.5, 0.6) is 0 Å². The average molecular weight is 293 g/mol. The van der Waals surface area contributed by atoms with Crippen LogP contribution in [0.4, 0.5) is 4.79 Å². The number of carbonyl (C=O) groups is 1. The van der Waals surface area contributed by atoms with Crippen molar-refractivity contribution in [2.24, 2.45) is 0 Å². The van der Waals surface area contributed by atoms with Gasteiger partial charge in [-0.1, -0.05) is 28.1 Å². The maximum atomic E-state index is 11.0. The zero-order valence-electron chi connectivity index (χ0n) is 7.90. The minimum Gasteiger partial charge on any atom is -0.449 e. The molecule has 1 fully saturated rings. The Morgan fingerprint density at radius 3 is 2.93 bits per heavy atom. The fourth-order valence-electron chi connectivity index (χ4n) is 1.50. The highest BCUT2D eigenvalue weighted by Crippen LogP contribution is 2.22. The van der Waals surface area contributed by atoms with Crippen molar-refractivity contribution in [3.63, 3.8) is 0 Å². The summed E-state index contributed by atoms with van der Waals surface area (Å²) in [5.41, 5.74) is 1.11. The Hall–Kier alpha value is -0.740. The number of ether oxygens (including phenoxy) is 1. The smallest absolute Gasteiger partial charge is 0.407 e. The Morgan fingerprint density at radius 2 is 2.27 bits per heavy atom. The minimum absolute atomic E-state index is 0. The van der Waals surface area contributed by atoms with Crippen LogP contribution in [-0.4, -0.2) is 12.7 Å². The van der Waals surface area contributed by atoms with Crippen LogP contribution >= 0.6 is 28.3 Å². The SMILES string of the molecule is Cl.O=C1N[C@H](c2cccc(Br)c2)CCO1. The second-order valence-electron chi connectivity index (χ2n) is 3.18. The molecular weight excluding hydrogens is 281 g/mol. The van der Waals surface area contributed by atoms with Gasteiger partial charge in [0.2, 0.25) is 0 Å². The summed E-state index contributed by atoms with van der Waals surface area (Å²) in [4.78, 5) is 11.0. The monoisotopic (exact) mass is 291 g/mol. The van der Waals surface area contributed by atoms with Gasteiger partial charge >= 0.3 is 6.09 Å². The molecule has 1 amide bonds. The summed E-state index contributed by atoms with van der Waals surface area (Å²) in [7, 11) is 0. The zero-order valence-corrected chi connectivity index (χ0v) is 10.3. The van der Waals surface area contributed by atoms with Gasteiger partial charge in [-0.3, -0.25) is 0 Å². The van der Waals surface area contributed by atoms with Gasteiger partial charge in [-0.2, -0.15) is 0 Å². The van der Waals surface area contributed by atoms with Crippen molar-refractivity contribution in [1.29, 1.82) is 0 Å². The van der Waals surface area contributed by atoms with Gasteiger partial charge in [-0.25, -0.2) is 4.79 Å². The standard InChI is InChI=1S/C10H10BrNO2.ClH/c11-8-3-1-2-7(6-8)9-4-5-14-10(13)12-9;/h1-3,6,9H,4-5H2,(H,12,13);1H/t9-;/m0./s1. The van der Waals surface area contributed by atoms with Gasteiger partial charge in [-0.05, 0) is 17.7 Å². The summed E-state index contributed by atoms with van der Waals surface area (Å²) in [5.74, 6) is 0. The predicted molar refractivity (Wildman–Crippen MR) is 63.2 cm³/mol. The topological polar surface area (TPSA) is 38.3 Å². The average Bonchev–Trinajstić information content (AvgIpc) is 2.18. The first-order valence-corrected chi connectivity index (χ1v) is 5.24. The molecule has 1 aromatic carbocycles. The van der Waals surface area contributed by atoms with Crippen LogP contribution in [0.25, 0.3) is 0 Å². The van der Waals surface area contributed by atoms with Crippen molar-refractivity contribution in [3.05, 3.63) is 34.3 Å². The second-order valence-corrected chi connectivity index (χ2v) is 4.09. The van der Waals surface area contributed by atoms with E-state index in [9.17, 15) is 4.79 Å². The van der Waals surface area contributed by atoms with Crippen LogP contribution in [0.1, 0.15) is 18.0 Å². The molecule has 5 heteroatoms. The first-order chi connectivity index (χ1) is 6.75. The lowest BCUT2D eigenvalue weighted by molar-refractivity contribution is 0.115. The fourth-order valence-corrected chi connectivity index (χ4v) is 1.92. The molecule has 3 nitrogen and oxygen atoms in total. The lowest BCUT2D eigenvalue weighted by Crippen LogP contribution is -2.35. The lowest BCUT2D eigenvalue weighted by Gasteiger charge is -2.23. The summed E-state index contributed by atoms with van der Waals surface area (Å²) in [6.07, 6.45) is 0.489. The van der Waals surface area contributed by atoms with Crippen LogP contribution < -0.4 is 5.32 Å². The third-order valence-electron chi connectivity index (χ3n) is 2.18. The number of nitrogens with one attached hydrogen (secondary N) is 1. The largest absolute Gasteiger partial charge is 0.449 e. The number of amides is 1.